The van der Waals surface area contributed by atoms with Gasteiger partial charge in [0.15, 0.2) is 0 Å². The van der Waals surface area contributed by atoms with Gasteiger partial charge in [0.2, 0.25) is 5.95 Å². The first-order valence-electron chi connectivity index (χ1n) is 12.3. The van der Waals surface area contributed by atoms with E-state index < -0.39 is 5.91 Å². The number of aromatic nitrogens is 3. The van der Waals surface area contributed by atoms with Crippen molar-refractivity contribution in [2.24, 2.45) is 5.73 Å². The molecule has 0 spiro atoms. The molecule has 34 heavy (non-hydrogen) atoms. The van der Waals surface area contributed by atoms with Crippen LogP contribution in [-0.4, -0.2) is 57.5 Å². The van der Waals surface area contributed by atoms with Crippen molar-refractivity contribution < 1.29 is 4.79 Å². The Balaban J connectivity index is 1.16. The van der Waals surface area contributed by atoms with Gasteiger partial charge in [-0.25, -0.2) is 9.97 Å². The van der Waals surface area contributed by atoms with Crippen molar-refractivity contribution in [1.29, 1.82) is 5.26 Å². The Bertz CT molecular complexity index is 1210. The minimum atomic E-state index is -0.516. The third-order valence-electron chi connectivity index (χ3n) is 6.87. The van der Waals surface area contributed by atoms with Gasteiger partial charge in [0.1, 0.15) is 5.69 Å². The first kappa shape index (κ1) is 22.4. The number of rotatable bonds is 12. The van der Waals surface area contributed by atoms with E-state index in [1.54, 1.807) is 12.3 Å². The van der Waals surface area contributed by atoms with Crippen LogP contribution in [0.3, 0.4) is 0 Å². The van der Waals surface area contributed by atoms with E-state index in [2.05, 4.69) is 37.0 Å². The zero-order valence-corrected chi connectivity index (χ0v) is 19.4. The van der Waals surface area contributed by atoms with E-state index in [-0.39, 0.29) is 5.69 Å². The molecule has 8 heteroatoms. The van der Waals surface area contributed by atoms with Gasteiger partial charge in [-0.1, -0.05) is 0 Å². The number of hydrogen-bond donors (Lipinski definition) is 2. The Labute approximate surface area is 199 Å². The summed E-state index contributed by atoms with van der Waals surface area (Å²) in [7, 11) is 0. The summed E-state index contributed by atoms with van der Waals surface area (Å²) in [6.07, 6.45) is 11.8. The Kier molecular flexibility index (Phi) is 6.45. The molecule has 0 bridgehead atoms. The molecule has 0 radical (unpaired) electrons. The van der Waals surface area contributed by atoms with Gasteiger partial charge in [0.25, 0.3) is 5.91 Å². The predicted molar refractivity (Wildman–Crippen MR) is 131 cm³/mol. The molecule has 3 N–H and O–H groups in total. The maximum Gasteiger partial charge on any atom is 0.267 e. The predicted octanol–water partition coefficient (Wildman–Crippen LogP) is 3.38. The van der Waals surface area contributed by atoms with Gasteiger partial charge in [0.05, 0.1) is 11.6 Å². The molecule has 2 saturated carbocycles. The molecule has 5 rings (SSSR count). The third kappa shape index (κ3) is 5.20. The number of nitrogens with zero attached hydrogens (tertiary/aromatic N) is 5. The van der Waals surface area contributed by atoms with Crippen molar-refractivity contribution in [3.8, 4) is 6.07 Å². The van der Waals surface area contributed by atoms with Gasteiger partial charge in [-0.2, -0.15) is 5.26 Å². The lowest BCUT2D eigenvalue weighted by molar-refractivity contribution is 0.0995. The lowest BCUT2D eigenvalue weighted by Crippen LogP contribution is -2.39. The summed E-state index contributed by atoms with van der Waals surface area (Å²) in [4.78, 5) is 28.6. The molecule has 2 aliphatic rings. The van der Waals surface area contributed by atoms with Crippen LogP contribution in [0.4, 0.5) is 5.95 Å². The number of primary amides is 1. The molecule has 2 aromatic heterocycles. The lowest BCUT2D eigenvalue weighted by Gasteiger charge is -2.28. The summed E-state index contributed by atoms with van der Waals surface area (Å²) >= 11 is 0. The summed E-state index contributed by atoms with van der Waals surface area (Å²) in [6, 6.07) is 10.8. The molecule has 0 atom stereocenters. The Morgan fingerprint density at radius 2 is 1.94 bits per heavy atom. The van der Waals surface area contributed by atoms with E-state index >= 15 is 0 Å². The average molecular weight is 458 g/mol. The molecule has 1 amide bonds. The largest absolute Gasteiger partial charge is 0.364 e. The van der Waals surface area contributed by atoms with Crippen LogP contribution in [0.25, 0.3) is 10.9 Å². The van der Waals surface area contributed by atoms with E-state index in [1.165, 1.54) is 18.4 Å². The molecular formula is C26H31N7O. The van der Waals surface area contributed by atoms with E-state index in [0.29, 0.717) is 23.6 Å². The van der Waals surface area contributed by atoms with Crippen LogP contribution in [0.2, 0.25) is 0 Å². The lowest BCUT2D eigenvalue weighted by atomic mass is 10.1. The smallest absolute Gasteiger partial charge is 0.267 e. The van der Waals surface area contributed by atoms with E-state index in [1.807, 2.05) is 18.2 Å². The Hall–Kier alpha value is -3.44. The fraction of sp³-hybridized carbons (Fsp3) is 0.462. The van der Waals surface area contributed by atoms with Gasteiger partial charge in [0, 0.05) is 48.5 Å². The maximum atomic E-state index is 11.6. The van der Waals surface area contributed by atoms with E-state index in [0.717, 1.165) is 62.6 Å². The quantitative estimate of drug-likeness (QED) is 0.403. The molecule has 0 saturated heterocycles. The van der Waals surface area contributed by atoms with Crippen molar-refractivity contribution in [3.63, 3.8) is 0 Å². The number of carbonyl (C=O) groups excluding carboxylic acids is 1. The van der Waals surface area contributed by atoms with Crippen molar-refractivity contribution in [2.45, 2.75) is 57.0 Å². The number of anilines is 1. The summed E-state index contributed by atoms with van der Waals surface area (Å²) in [5.41, 5.74) is 8.78. The van der Waals surface area contributed by atoms with Crippen LogP contribution < -0.4 is 10.6 Å². The molecule has 0 unspecified atom stereocenters. The van der Waals surface area contributed by atoms with Crippen molar-refractivity contribution in [3.05, 3.63) is 53.5 Å². The second kappa shape index (κ2) is 9.82. The molecule has 1 aromatic carbocycles. The highest BCUT2D eigenvalue weighted by atomic mass is 16.1. The second-order valence-corrected chi connectivity index (χ2v) is 9.44. The number of unbranched alkanes of at least 4 members (excludes halogenated alkanes) is 1. The molecule has 3 aromatic rings. The minimum absolute atomic E-state index is 0.272. The SMILES string of the molecule is N#Cc1ccc2[nH]cc(CCCCN(CCN(c3nccc(C(N)=O)n3)C3CC3)C3CC3)c2c1. The number of carbonyl (C=O) groups is 1. The van der Waals surface area contributed by atoms with Crippen molar-refractivity contribution >= 4 is 22.8 Å². The molecule has 2 heterocycles. The van der Waals surface area contributed by atoms with Gasteiger partial charge in [-0.15, -0.1) is 0 Å². The van der Waals surface area contributed by atoms with E-state index in [4.69, 9.17) is 5.73 Å². The van der Waals surface area contributed by atoms with Gasteiger partial charge >= 0.3 is 0 Å². The third-order valence-corrected chi connectivity index (χ3v) is 6.87. The van der Waals surface area contributed by atoms with E-state index in [9.17, 15) is 10.1 Å². The number of nitriles is 1. The molecule has 2 aliphatic carbocycles. The molecular weight excluding hydrogens is 426 g/mol. The number of aromatic amines is 1. The van der Waals surface area contributed by atoms with Crippen LogP contribution in [0.1, 0.15) is 60.1 Å². The van der Waals surface area contributed by atoms with Crippen LogP contribution in [0.5, 0.6) is 0 Å². The summed E-state index contributed by atoms with van der Waals surface area (Å²) in [6.45, 7) is 2.92. The van der Waals surface area contributed by atoms with Crippen molar-refractivity contribution in [1.82, 2.24) is 19.9 Å². The molecule has 0 aliphatic heterocycles. The number of hydrogen-bond acceptors (Lipinski definition) is 6. The van der Waals surface area contributed by atoms with Gasteiger partial charge in [-0.3, -0.25) is 9.69 Å². The van der Waals surface area contributed by atoms with Crippen LogP contribution >= 0.6 is 0 Å². The van der Waals surface area contributed by atoms with Gasteiger partial charge in [-0.05, 0) is 81.3 Å². The summed E-state index contributed by atoms with van der Waals surface area (Å²) < 4.78 is 0. The zero-order chi connectivity index (χ0) is 23.5. The first-order chi connectivity index (χ1) is 16.6. The zero-order valence-electron chi connectivity index (χ0n) is 19.4. The maximum absolute atomic E-state index is 11.6. The molecule has 176 valence electrons. The number of amides is 1. The fourth-order valence-corrected chi connectivity index (χ4v) is 4.69. The normalized spacial score (nSPS) is 15.5. The highest BCUT2D eigenvalue weighted by molar-refractivity contribution is 5.90. The number of H-pyrrole nitrogens is 1. The fourth-order valence-electron chi connectivity index (χ4n) is 4.69. The Morgan fingerprint density at radius 1 is 1.12 bits per heavy atom. The number of benzene rings is 1. The van der Waals surface area contributed by atoms with Crippen LogP contribution in [0.15, 0.2) is 36.7 Å². The highest BCUT2D eigenvalue weighted by Crippen LogP contribution is 2.31. The second-order valence-electron chi connectivity index (χ2n) is 9.44. The average Bonchev–Trinajstić information content (AvgIpc) is 3.79. The van der Waals surface area contributed by atoms with Crippen molar-refractivity contribution in [2.75, 3.05) is 24.5 Å². The number of nitrogens with one attached hydrogen (secondary N) is 1. The van der Waals surface area contributed by atoms with Crippen LogP contribution in [0, 0.1) is 11.3 Å². The topological polar surface area (TPSA) is 115 Å². The summed E-state index contributed by atoms with van der Waals surface area (Å²) in [5, 5.41) is 10.4. The summed E-state index contributed by atoms with van der Waals surface area (Å²) in [5.74, 6) is 0.101. The number of fused-ring (bicyclic) bond motifs is 1. The van der Waals surface area contributed by atoms with Crippen LogP contribution in [-0.2, 0) is 6.42 Å². The molecule has 2 fully saturated rings. The van der Waals surface area contributed by atoms with Gasteiger partial charge < -0.3 is 15.6 Å². The Morgan fingerprint density at radius 3 is 2.68 bits per heavy atom. The minimum Gasteiger partial charge on any atom is -0.364 e. The standard InChI is InChI=1S/C26H31N7O/c27-16-18-4-9-23-22(15-18)19(17-30-23)3-1-2-12-32(20-5-6-20)13-14-33(21-7-8-21)26-29-11-10-24(31-26)25(28)34/h4,9-11,15,17,20-21,30H,1-3,5-8,12-14H2,(H2,28,34). The number of nitrogens with two attached hydrogens (primary N) is 1. The highest BCUT2D eigenvalue weighted by Gasteiger charge is 2.33. The number of aryl methyl sites for hydroxylation is 1. The first-order valence-corrected chi connectivity index (χ1v) is 12.3. The molecule has 8 nitrogen and oxygen atoms in total. The monoisotopic (exact) mass is 457 g/mol.